The van der Waals surface area contributed by atoms with Crippen LogP contribution >= 0.6 is 35.0 Å². The van der Waals surface area contributed by atoms with E-state index in [2.05, 4.69) is 15.6 Å². The van der Waals surface area contributed by atoms with Crippen LogP contribution in [0.1, 0.15) is 15.9 Å². The maximum absolute atomic E-state index is 11.8. The summed E-state index contributed by atoms with van der Waals surface area (Å²) in [6.07, 6.45) is 3.10. The highest BCUT2D eigenvalue weighted by atomic mass is 35.5. The number of nitrogens with one attached hydrogen (secondary N) is 2. The Kier molecular flexibility index (Phi) is 8.04. The van der Waals surface area contributed by atoms with Gasteiger partial charge in [-0.1, -0.05) is 29.3 Å². The van der Waals surface area contributed by atoms with Gasteiger partial charge in [0.2, 0.25) is 5.91 Å². The van der Waals surface area contributed by atoms with E-state index >= 15 is 0 Å². The van der Waals surface area contributed by atoms with Gasteiger partial charge in [0.15, 0.2) is 0 Å². The zero-order valence-corrected chi connectivity index (χ0v) is 15.6. The van der Waals surface area contributed by atoms with Crippen molar-refractivity contribution in [3.8, 4) is 0 Å². The lowest BCUT2D eigenvalue weighted by atomic mass is 10.2. The highest BCUT2D eigenvalue weighted by Gasteiger charge is 2.06. The third-order valence-corrected chi connectivity index (χ3v) is 4.73. The molecule has 0 saturated heterocycles. The van der Waals surface area contributed by atoms with Crippen LogP contribution in [0.25, 0.3) is 0 Å². The van der Waals surface area contributed by atoms with E-state index in [4.69, 9.17) is 23.2 Å². The molecular weight excluding hydrogens is 381 g/mol. The first kappa shape index (κ1) is 19.6. The van der Waals surface area contributed by atoms with Crippen LogP contribution in [0.15, 0.2) is 42.7 Å². The average Bonchev–Trinajstić information content (AvgIpc) is 2.61. The normalized spacial score (nSPS) is 10.3. The molecule has 0 saturated carbocycles. The van der Waals surface area contributed by atoms with Crippen molar-refractivity contribution in [2.45, 2.75) is 5.75 Å². The second kappa shape index (κ2) is 10.3. The predicted octanol–water partition coefficient (Wildman–Crippen LogP) is 3.17. The lowest BCUT2D eigenvalue weighted by Crippen LogP contribution is -2.35. The van der Waals surface area contributed by atoms with E-state index in [0.717, 1.165) is 5.56 Å². The minimum Gasteiger partial charge on any atom is -0.354 e. The Bertz CT molecular complexity index is 729. The van der Waals surface area contributed by atoms with Crippen LogP contribution in [0.5, 0.6) is 0 Å². The summed E-state index contributed by atoms with van der Waals surface area (Å²) in [6.45, 7) is 0.722. The van der Waals surface area contributed by atoms with Crippen molar-refractivity contribution in [2.75, 3.05) is 18.8 Å². The lowest BCUT2D eigenvalue weighted by Gasteiger charge is -2.08. The molecule has 0 atom stereocenters. The number of hydrogen-bond donors (Lipinski definition) is 2. The molecule has 1 heterocycles. The van der Waals surface area contributed by atoms with E-state index in [1.807, 2.05) is 6.07 Å². The fourth-order valence-corrected chi connectivity index (χ4v) is 3.34. The molecule has 0 radical (unpaired) electrons. The minimum absolute atomic E-state index is 0.0919. The Morgan fingerprint density at radius 1 is 1.12 bits per heavy atom. The molecule has 0 aliphatic heterocycles. The Morgan fingerprint density at radius 2 is 1.92 bits per heavy atom. The van der Waals surface area contributed by atoms with Crippen molar-refractivity contribution in [3.63, 3.8) is 0 Å². The zero-order valence-electron chi connectivity index (χ0n) is 13.3. The zero-order chi connectivity index (χ0) is 18.1. The van der Waals surface area contributed by atoms with E-state index in [1.54, 1.807) is 30.5 Å². The molecule has 0 bridgehead atoms. The average molecular weight is 398 g/mol. The summed E-state index contributed by atoms with van der Waals surface area (Å²) in [5, 5.41) is 6.66. The molecule has 8 heteroatoms. The molecule has 0 spiro atoms. The smallest absolute Gasteiger partial charge is 0.252 e. The second-order valence-corrected chi connectivity index (χ2v) is 6.91. The summed E-state index contributed by atoms with van der Waals surface area (Å²) >= 11 is 13.4. The SMILES string of the molecule is O=C(CSCc1ccc(Cl)cc1Cl)NCCNC(=O)c1cccnc1. The van der Waals surface area contributed by atoms with Crippen molar-refractivity contribution in [2.24, 2.45) is 0 Å². The monoisotopic (exact) mass is 397 g/mol. The molecule has 0 aliphatic rings. The highest BCUT2D eigenvalue weighted by molar-refractivity contribution is 7.99. The highest BCUT2D eigenvalue weighted by Crippen LogP contribution is 2.24. The van der Waals surface area contributed by atoms with Gasteiger partial charge in [-0.05, 0) is 29.8 Å². The van der Waals surface area contributed by atoms with E-state index in [9.17, 15) is 9.59 Å². The molecule has 1 aromatic carbocycles. The molecule has 2 N–H and O–H groups in total. The number of amides is 2. The van der Waals surface area contributed by atoms with Gasteiger partial charge in [-0.15, -0.1) is 11.8 Å². The standard InChI is InChI=1S/C17H17Cl2N3O2S/c18-14-4-3-13(15(19)8-14)10-25-11-16(23)21-6-7-22-17(24)12-2-1-5-20-9-12/h1-5,8-9H,6-7,10-11H2,(H,21,23)(H,22,24). The van der Waals surface area contributed by atoms with Gasteiger partial charge in [-0.25, -0.2) is 0 Å². The quantitative estimate of drug-likeness (QED) is 0.671. The van der Waals surface area contributed by atoms with Crippen molar-refractivity contribution in [1.29, 1.82) is 0 Å². The van der Waals surface area contributed by atoms with Gasteiger partial charge in [-0.3, -0.25) is 14.6 Å². The number of carbonyl (C=O) groups is 2. The van der Waals surface area contributed by atoms with Gasteiger partial charge >= 0.3 is 0 Å². The molecule has 0 fully saturated rings. The molecule has 1 aromatic heterocycles. The third-order valence-electron chi connectivity index (χ3n) is 3.16. The number of pyridine rings is 1. The molecule has 5 nitrogen and oxygen atoms in total. The van der Waals surface area contributed by atoms with Crippen LogP contribution in [0.3, 0.4) is 0 Å². The number of rotatable bonds is 8. The number of benzene rings is 1. The summed E-state index contributed by atoms with van der Waals surface area (Å²) in [6, 6.07) is 8.68. The molecule has 0 aliphatic carbocycles. The van der Waals surface area contributed by atoms with Gasteiger partial charge in [0.05, 0.1) is 11.3 Å². The second-order valence-electron chi connectivity index (χ2n) is 5.08. The van der Waals surface area contributed by atoms with Crippen LogP contribution in [0.2, 0.25) is 10.0 Å². The van der Waals surface area contributed by atoms with Gasteiger partial charge in [-0.2, -0.15) is 0 Å². The summed E-state index contributed by atoms with van der Waals surface area (Å²) < 4.78 is 0. The summed E-state index contributed by atoms with van der Waals surface area (Å²) in [5.74, 6) is 0.635. The van der Waals surface area contributed by atoms with E-state index in [1.165, 1.54) is 18.0 Å². The Morgan fingerprint density at radius 3 is 2.64 bits per heavy atom. The van der Waals surface area contributed by atoms with E-state index in [-0.39, 0.29) is 11.8 Å². The Balaban J connectivity index is 1.60. The fraction of sp³-hybridized carbons (Fsp3) is 0.235. The number of halogens is 2. The Labute approximate surface area is 160 Å². The topological polar surface area (TPSA) is 71.1 Å². The van der Waals surface area contributed by atoms with Crippen LogP contribution in [-0.2, 0) is 10.5 Å². The number of carbonyl (C=O) groups excluding carboxylic acids is 2. The molecule has 132 valence electrons. The first-order chi connectivity index (χ1) is 12.1. The van der Waals surface area contributed by atoms with Crippen LogP contribution in [-0.4, -0.2) is 35.6 Å². The number of aromatic nitrogens is 1. The molecule has 2 aromatic rings. The fourth-order valence-electron chi connectivity index (χ4n) is 1.92. The predicted molar refractivity (Wildman–Crippen MR) is 102 cm³/mol. The van der Waals surface area contributed by atoms with Crippen LogP contribution in [0, 0.1) is 0 Å². The van der Waals surface area contributed by atoms with Crippen molar-refractivity contribution in [1.82, 2.24) is 15.6 Å². The number of thioether (sulfide) groups is 1. The molecule has 2 rings (SSSR count). The molecule has 2 amide bonds. The van der Waals surface area contributed by atoms with Crippen LogP contribution in [0.4, 0.5) is 0 Å². The van der Waals surface area contributed by atoms with E-state index < -0.39 is 0 Å². The van der Waals surface area contributed by atoms with Crippen LogP contribution < -0.4 is 10.6 Å². The van der Waals surface area contributed by atoms with E-state index in [0.29, 0.717) is 40.2 Å². The van der Waals surface area contributed by atoms with Gasteiger partial charge in [0, 0.05) is 41.3 Å². The summed E-state index contributed by atoms with van der Waals surface area (Å²) in [7, 11) is 0. The van der Waals surface area contributed by atoms with Gasteiger partial charge in [0.25, 0.3) is 5.91 Å². The van der Waals surface area contributed by atoms with Crippen molar-refractivity contribution < 1.29 is 9.59 Å². The van der Waals surface area contributed by atoms with Gasteiger partial charge in [0.1, 0.15) is 0 Å². The third kappa shape index (κ3) is 6.94. The Hall–Kier alpha value is -1.76. The molecular formula is C17H17Cl2N3O2S. The maximum Gasteiger partial charge on any atom is 0.252 e. The lowest BCUT2D eigenvalue weighted by molar-refractivity contribution is -0.118. The summed E-state index contributed by atoms with van der Waals surface area (Å²) in [5.41, 5.74) is 1.43. The molecule has 0 unspecified atom stereocenters. The minimum atomic E-state index is -0.214. The maximum atomic E-state index is 11.8. The molecule has 25 heavy (non-hydrogen) atoms. The number of nitrogens with zero attached hydrogens (tertiary/aromatic N) is 1. The number of hydrogen-bond acceptors (Lipinski definition) is 4. The first-order valence-electron chi connectivity index (χ1n) is 7.53. The summed E-state index contributed by atoms with van der Waals surface area (Å²) in [4.78, 5) is 27.4. The van der Waals surface area contributed by atoms with Crippen molar-refractivity contribution in [3.05, 3.63) is 63.9 Å². The largest absolute Gasteiger partial charge is 0.354 e. The van der Waals surface area contributed by atoms with Crippen molar-refractivity contribution >= 4 is 46.8 Å². The van der Waals surface area contributed by atoms with Gasteiger partial charge < -0.3 is 10.6 Å². The first-order valence-corrected chi connectivity index (χ1v) is 9.44.